The van der Waals surface area contributed by atoms with Crippen molar-refractivity contribution in [1.29, 1.82) is 0 Å². The van der Waals surface area contributed by atoms with Crippen LogP contribution in [0, 0.1) is 6.92 Å². The summed E-state index contributed by atoms with van der Waals surface area (Å²) in [5.41, 5.74) is 1.06. The summed E-state index contributed by atoms with van der Waals surface area (Å²) in [6.07, 6.45) is 0. The van der Waals surface area contributed by atoms with E-state index >= 15 is 0 Å². The number of sulfonamides is 1. The van der Waals surface area contributed by atoms with Crippen LogP contribution < -0.4 is 0 Å². The maximum Gasteiger partial charge on any atom is 0.287 e. The Hall–Kier alpha value is -0.330. The van der Waals surface area contributed by atoms with Gasteiger partial charge in [0, 0.05) is 23.0 Å². The number of hydrogen-bond acceptors (Lipinski definition) is 3. The van der Waals surface area contributed by atoms with Crippen molar-refractivity contribution in [3.63, 3.8) is 0 Å². The SMILES string of the molecule is Cc1ccc(S(=O)(=O)N=S2CCSCC2)cc1. The Labute approximate surface area is 109 Å². The van der Waals surface area contributed by atoms with E-state index in [1.54, 1.807) is 12.1 Å². The van der Waals surface area contributed by atoms with Gasteiger partial charge in [-0.05, 0) is 19.1 Å². The zero-order chi connectivity index (χ0) is 12.3. The number of rotatable bonds is 2. The Morgan fingerprint density at radius 3 is 2.35 bits per heavy atom. The van der Waals surface area contributed by atoms with Crippen LogP contribution in [0.2, 0.25) is 0 Å². The van der Waals surface area contributed by atoms with Gasteiger partial charge in [0.15, 0.2) is 0 Å². The van der Waals surface area contributed by atoms with Crippen LogP contribution >= 0.6 is 11.8 Å². The van der Waals surface area contributed by atoms with Gasteiger partial charge < -0.3 is 0 Å². The minimum Gasteiger partial charge on any atom is -0.199 e. The molecule has 0 aromatic heterocycles. The fourth-order valence-corrected chi connectivity index (χ4v) is 6.90. The second-order valence-corrected chi connectivity index (χ2v) is 8.83. The highest BCUT2D eigenvalue weighted by Gasteiger charge is 2.15. The lowest BCUT2D eigenvalue weighted by molar-refractivity contribution is 0.598. The van der Waals surface area contributed by atoms with Crippen molar-refractivity contribution >= 4 is 32.5 Å². The maximum atomic E-state index is 12.0. The minimum atomic E-state index is -3.45. The molecule has 0 amide bonds. The highest BCUT2D eigenvalue weighted by molar-refractivity contribution is 8.04. The molecule has 1 heterocycles. The monoisotopic (exact) mass is 289 g/mol. The molecule has 1 aliphatic heterocycles. The normalized spacial score (nSPS) is 17.9. The van der Waals surface area contributed by atoms with Crippen molar-refractivity contribution in [2.75, 3.05) is 23.0 Å². The molecule has 0 bridgehead atoms. The molecule has 0 saturated carbocycles. The van der Waals surface area contributed by atoms with Crippen molar-refractivity contribution in [2.24, 2.45) is 3.77 Å². The first-order valence-corrected chi connectivity index (χ1v) is 9.49. The van der Waals surface area contributed by atoms with Crippen molar-refractivity contribution in [1.82, 2.24) is 0 Å². The summed E-state index contributed by atoms with van der Waals surface area (Å²) in [5.74, 6) is 3.84. The van der Waals surface area contributed by atoms with Crippen LogP contribution in [0.5, 0.6) is 0 Å². The van der Waals surface area contributed by atoms with Crippen LogP contribution in [0.25, 0.3) is 0 Å². The second-order valence-electron chi connectivity index (χ2n) is 3.85. The topological polar surface area (TPSA) is 46.5 Å². The molecule has 0 atom stereocenters. The third-order valence-electron chi connectivity index (χ3n) is 2.45. The molecule has 0 N–H and O–H groups in total. The summed E-state index contributed by atoms with van der Waals surface area (Å²) >= 11 is 1.87. The average Bonchev–Trinajstić information content (AvgIpc) is 2.30. The van der Waals surface area contributed by atoms with E-state index in [1.807, 2.05) is 30.8 Å². The minimum absolute atomic E-state index is 0.304. The molecule has 0 spiro atoms. The van der Waals surface area contributed by atoms with Crippen LogP contribution in [0.4, 0.5) is 0 Å². The molecule has 0 radical (unpaired) electrons. The first-order chi connectivity index (χ1) is 8.08. The quantitative estimate of drug-likeness (QED) is 0.839. The van der Waals surface area contributed by atoms with Gasteiger partial charge in [-0.3, -0.25) is 0 Å². The van der Waals surface area contributed by atoms with E-state index in [4.69, 9.17) is 0 Å². The Bertz CT molecular complexity index is 512. The summed E-state index contributed by atoms with van der Waals surface area (Å²) in [4.78, 5) is 0.314. The van der Waals surface area contributed by atoms with E-state index in [0.29, 0.717) is 4.90 Å². The van der Waals surface area contributed by atoms with Gasteiger partial charge in [-0.1, -0.05) is 28.4 Å². The Morgan fingerprint density at radius 1 is 1.18 bits per heavy atom. The predicted octanol–water partition coefficient (Wildman–Crippen LogP) is 2.23. The lowest BCUT2D eigenvalue weighted by atomic mass is 10.2. The third kappa shape index (κ3) is 3.56. The van der Waals surface area contributed by atoms with Crippen LogP contribution in [-0.2, 0) is 20.7 Å². The number of hydrogen-bond donors (Lipinski definition) is 0. The lowest BCUT2D eigenvalue weighted by Crippen LogP contribution is -2.15. The first kappa shape index (κ1) is 13.1. The van der Waals surface area contributed by atoms with E-state index in [2.05, 4.69) is 3.77 Å². The van der Waals surface area contributed by atoms with E-state index in [-0.39, 0.29) is 10.7 Å². The van der Waals surface area contributed by atoms with Crippen molar-refractivity contribution in [3.05, 3.63) is 29.8 Å². The largest absolute Gasteiger partial charge is 0.287 e. The summed E-state index contributed by atoms with van der Waals surface area (Å²) in [6, 6.07) is 6.89. The molecule has 17 heavy (non-hydrogen) atoms. The number of benzene rings is 1. The molecule has 3 nitrogen and oxygen atoms in total. The number of nitrogens with zero attached hydrogens (tertiary/aromatic N) is 1. The maximum absolute atomic E-state index is 12.0. The fraction of sp³-hybridized carbons (Fsp3) is 0.455. The van der Waals surface area contributed by atoms with Crippen molar-refractivity contribution in [3.8, 4) is 0 Å². The van der Waals surface area contributed by atoms with E-state index in [9.17, 15) is 8.42 Å². The lowest BCUT2D eigenvalue weighted by Gasteiger charge is -2.13. The molecule has 1 saturated heterocycles. The molecule has 6 heteroatoms. The van der Waals surface area contributed by atoms with E-state index < -0.39 is 10.0 Å². The molecule has 1 aliphatic rings. The van der Waals surface area contributed by atoms with E-state index in [1.165, 1.54) is 0 Å². The highest BCUT2D eigenvalue weighted by Crippen LogP contribution is 2.17. The van der Waals surface area contributed by atoms with Crippen LogP contribution in [-0.4, -0.2) is 31.4 Å². The summed E-state index contributed by atoms with van der Waals surface area (Å²) in [5, 5.41) is 0. The molecule has 0 unspecified atom stereocenters. The molecule has 94 valence electrons. The molecular formula is C11H15NO2S3. The van der Waals surface area contributed by atoms with Gasteiger partial charge in [-0.15, -0.1) is 3.77 Å². The van der Waals surface area contributed by atoms with Gasteiger partial charge in [0.2, 0.25) is 0 Å². The summed E-state index contributed by atoms with van der Waals surface area (Å²) in [7, 11) is -3.75. The standard InChI is InChI=1S/C11H15NO2S3/c1-10-2-4-11(5-3-10)17(13,14)12-16-8-6-15-7-9-16/h2-5H,6-9H2,1H3. The average molecular weight is 289 g/mol. The van der Waals surface area contributed by atoms with Gasteiger partial charge in [-0.2, -0.15) is 20.2 Å². The van der Waals surface area contributed by atoms with Crippen molar-refractivity contribution < 1.29 is 8.42 Å². The Morgan fingerprint density at radius 2 is 1.76 bits per heavy atom. The summed E-state index contributed by atoms with van der Waals surface area (Å²) < 4.78 is 28.1. The molecular weight excluding hydrogens is 274 g/mol. The number of aryl methyl sites for hydroxylation is 1. The number of thioether (sulfide) groups is 1. The molecule has 1 aromatic rings. The molecule has 2 rings (SSSR count). The fourth-order valence-electron chi connectivity index (χ4n) is 1.48. The zero-order valence-electron chi connectivity index (χ0n) is 9.63. The van der Waals surface area contributed by atoms with Crippen LogP contribution in [0.1, 0.15) is 5.56 Å². The molecule has 0 aliphatic carbocycles. The van der Waals surface area contributed by atoms with E-state index in [0.717, 1.165) is 28.6 Å². The molecule has 1 fully saturated rings. The zero-order valence-corrected chi connectivity index (χ0v) is 12.1. The van der Waals surface area contributed by atoms with Gasteiger partial charge in [0.25, 0.3) is 10.0 Å². The Balaban J connectivity index is 2.27. The van der Waals surface area contributed by atoms with Gasteiger partial charge in [0.05, 0.1) is 4.90 Å². The van der Waals surface area contributed by atoms with Gasteiger partial charge in [0.1, 0.15) is 0 Å². The molecule has 1 aromatic carbocycles. The Kier molecular flexibility index (Phi) is 4.27. The smallest absolute Gasteiger partial charge is 0.199 e. The highest BCUT2D eigenvalue weighted by atomic mass is 32.3. The second kappa shape index (κ2) is 5.54. The summed E-state index contributed by atoms with van der Waals surface area (Å²) in [6.45, 7) is 1.94. The van der Waals surface area contributed by atoms with Gasteiger partial charge in [-0.25, -0.2) is 0 Å². The first-order valence-electron chi connectivity index (χ1n) is 5.38. The van der Waals surface area contributed by atoms with Gasteiger partial charge >= 0.3 is 0 Å². The third-order valence-corrected chi connectivity index (χ3v) is 7.80. The van der Waals surface area contributed by atoms with Crippen LogP contribution in [0.15, 0.2) is 32.9 Å². The van der Waals surface area contributed by atoms with Crippen LogP contribution in [0.3, 0.4) is 0 Å². The predicted molar refractivity (Wildman–Crippen MR) is 75.2 cm³/mol. The van der Waals surface area contributed by atoms with Crippen molar-refractivity contribution in [2.45, 2.75) is 11.8 Å².